The first-order chi connectivity index (χ1) is 14.3. The minimum Gasteiger partial charge on any atom is -0.380 e. The van der Waals surface area contributed by atoms with E-state index in [1.165, 1.54) is 10.5 Å². The van der Waals surface area contributed by atoms with Crippen LogP contribution in [0.25, 0.3) is 11.0 Å². The van der Waals surface area contributed by atoms with Gasteiger partial charge in [0.25, 0.3) is 0 Å². The average Bonchev–Trinajstić information content (AvgIpc) is 3.11. The predicted octanol–water partition coefficient (Wildman–Crippen LogP) is 6.61. The minimum absolute atomic E-state index is 0.0615. The Labute approximate surface area is 180 Å². The van der Waals surface area contributed by atoms with Gasteiger partial charge in [0, 0.05) is 23.1 Å². The molecule has 0 aliphatic carbocycles. The van der Waals surface area contributed by atoms with E-state index in [2.05, 4.69) is 53.1 Å². The van der Waals surface area contributed by atoms with Gasteiger partial charge in [-0.05, 0) is 42.8 Å². The van der Waals surface area contributed by atoms with E-state index in [0.29, 0.717) is 18.2 Å². The fourth-order valence-corrected chi connectivity index (χ4v) is 4.71. The van der Waals surface area contributed by atoms with Crippen molar-refractivity contribution in [3.63, 3.8) is 0 Å². The number of fused-ring (bicyclic) bond motifs is 1. The van der Waals surface area contributed by atoms with Gasteiger partial charge in [0.1, 0.15) is 5.82 Å². The zero-order valence-electron chi connectivity index (χ0n) is 16.3. The fourth-order valence-electron chi connectivity index (χ4n) is 3.38. The number of halogens is 1. The number of benzene rings is 3. The van der Waals surface area contributed by atoms with Gasteiger partial charge in [-0.2, -0.15) is 0 Å². The first kappa shape index (κ1) is 20.0. The molecule has 29 heavy (non-hydrogen) atoms. The SMILES string of the molecule is CCOCCn1c(C(Sc2ccccc2)c2ccccc2)nc2ccc(Cl)cc21. The molecule has 5 heteroatoms. The van der Waals surface area contributed by atoms with Gasteiger partial charge < -0.3 is 9.30 Å². The Balaban J connectivity index is 1.83. The van der Waals surface area contributed by atoms with Crippen LogP contribution in [0, 0.1) is 0 Å². The molecular formula is C24H23ClN2OS. The summed E-state index contributed by atoms with van der Waals surface area (Å²) in [6, 6.07) is 26.9. The zero-order chi connectivity index (χ0) is 20.1. The lowest BCUT2D eigenvalue weighted by Crippen LogP contribution is -2.12. The second-order valence-electron chi connectivity index (χ2n) is 6.67. The Morgan fingerprint density at radius 3 is 2.45 bits per heavy atom. The van der Waals surface area contributed by atoms with E-state index >= 15 is 0 Å². The van der Waals surface area contributed by atoms with Crippen LogP contribution in [0.1, 0.15) is 23.6 Å². The maximum absolute atomic E-state index is 6.31. The molecule has 0 radical (unpaired) electrons. The topological polar surface area (TPSA) is 27.1 Å². The van der Waals surface area contributed by atoms with E-state index in [1.807, 2.05) is 49.0 Å². The van der Waals surface area contributed by atoms with Gasteiger partial charge in [0.15, 0.2) is 0 Å². The molecular weight excluding hydrogens is 400 g/mol. The minimum atomic E-state index is 0.0615. The standard InChI is InChI=1S/C24H23ClN2OS/c1-2-28-16-15-27-22-17-19(25)13-14-21(22)26-24(27)23(18-9-5-3-6-10-18)29-20-11-7-4-8-12-20/h3-14,17,23H,2,15-16H2,1H3. The molecule has 1 unspecified atom stereocenters. The third-order valence-corrected chi connectivity index (χ3v) is 6.24. The second-order valence-corrected chi connectivity index (χ2v) is 8.29. The molecule has 0 saturated heterocycles. The van der Waals surface area contributed by atoms with Gasteiger partial charge in [0.2, 0.25) is 0 Å². The number of aromatic nitrogens is 2. The van der Waals surface area contributed by atoms with E-state index in [0.717, 1.165) is 23.4 Å². The Kier molecular flexibility index (Phi) is 6.55. The largest absolute Gasteiger partial charge is 0.380 e. The van der Waals surface area contributed by atoms with Crippen molar-refractivity contribution in [3.8, 4) is 0 Å². The lowest BCUT2D eigenvalue weighted by atomic mass is 10.1. The van der Waals surface area contributed by atoms with Gasteiger partial charge in [-0.1, -0.05) is 60.1 Å². The van der Waals surface area contributed by atoms with Crippen LogP contribution >= 0.6 is 23.4 Å². The molecule has 0 amide bonds. The van der Waals surface area contributed by atoms with Gasteiger partial charge in [-0.15, -0.1) is 11.8 Å². The van der Waals surface area contributed by atoms with E-state index in [-0.39, 0.29) is 5.25 Å². The second kappa shape index (κ2) is 9.49. The van der Waals surface area contributed by atoms with Crippen molar-refractivity contribution in [1.82, 2.24) is 9.55 Å². The van der Waals surface area contributed by atoms with Crippen molar-refractivity contribution in [2.24, 2.45) is 0 Å². The zero-order valence-corrected chi connectivity index (χ0v) is 17.9. The Bertz CT molecular complexity index is 1070. The molecule has 1 aromatic heterocycles. The fraction of sp³-hybridized carbons (Fsp3) is 0.208. The highest BCUT2D eigenvalue weighted by Crippen LogP contribution is 2.41. The molecule has 0 spiro atoms. The number of hydrogen-bond donors (Lipinski definition) is 0. The van der Waals surface area contributed by atoms with Crippen LogP contribution in [0.2, 0.25) is 5.02 Å². The highest BCUT2D eigenvalue weighted by Gasteiger charge is 2.23. The molecule has 3 aromatic carbocycles. The first-order valence-electron chi connectivity index (χ1n) is 9.76. The molecule has 3 nitrogen and oxygen atoms in total. The average molecular weight is 423 g/mol. The van der Waals surface area contributed by atoms with Crippen molar-refractivity contribution in [2.45, 2.75) is 23.6 Å². The van der Waals surface area contributed by atoms with Gasteiger partial charge in [-0.3, -0.25) is 0 Å². The normalized spacial score (nSPS) is 12.3. The number of imidazole rings is 1. The molecule has 1 heterocycles. The van der Waals surface area contributed by atoms with Crippen LogP contribution in [0.4, 0.5) is 0 Å². The van der Waals surface area contributed by atoms with Crippen molar-refractivity contribution in [1.29, 1.82) is 0 Å². The van der Waals surface area contributed by atoms with Crippen LogP contribution in [-0.4, -0.2) is 22.8 Å². The summed E-state index contributed by atoms with van der Waals surface area (Å²) in [6.07, 6.45) is 0. The van der Waals surface area contributed by atoms with Gasteiger partial charge in [0.05, 0.1) is 22.9 Å². The summed E-state index contributed by atoms with van der Waals surface area (Å²) in [4.78, 5) is 6.24. The quantitative estimate of drug-likeness (QED) is 0.236. The van der Waals surface area contributed by atoms with Crippen LogP contribution in [0.15, 0.2) is 83.8 Å². The van der Waals surface area contributed by atoms with E-state index < -0.39 is 0 Å². The van der Waals surface area contributed by atoms with Crippen LogP contribution in [0.5, 0.6) is 0 Å². The van der Waals surface area contributed by atoms with Crippen LogP contribution in [-0.2, 0) is 11.3 Å². The molecule has 0 aliphatic rings. The lowest BCUT2D eigenvalue weighted by Gasteiger charge is -2.19. The number of ether oxygens (including phenoxy) is 1. The van der Waals surface area contributed by atoms with Crippen LogP contribution in [0.3, 0.4) is 0 Å². The molecule has 0 bridgehead atoms. The molecule has 0 N–H and O–H groups in total. The van der Waals surface area contributed by atoms with Gasteiger partial charge in [-0.25, -0.2) is 4.98 Å². The number of rotatable bonds is 8. The molecule has 4 aromatic rings. The maximum atomic E-state index is 6.31. The summed E-state index contributed by atoms with van der Waals surface area (Å²) >= 11 is 8.12. The number of nitrogens with zero attached hydrogens (tertiary/aromatic N) is 2. The predicted molar refractivity (Wildman–Crippen MR) is 122 cm³/mol. The first-order valence-corrected chi connectivity index (χ1v) is 11.0. The molecule has 0 fully saturated rings. The summed E-state index contributed by atoms with van der Waals surface area (Å²) in [5.74, 6) is 1.02. The van der Waals surface area contributed by atoms with Crippen molar-refractivity contribution in [2.75, 3.05) is 13.2 Å². The van der Waals surface area contributed by atoms with E-state index in [1.54, 1.807) is 0 Å². The highest BCUT2D eigenvalue weighted by atomic mass is 35.5. The molecule has 148 valence electrons. The third-order valence-electron chi connectivity index (χ3n) is 4.74. The molecule has 4 rings (SSSR count). The summed E-state index contributed by atoms with van der Waals surface area (Å²) in [6.45, 7) is 4.09. The monoisotopic (exact) mass is 422 g/mol. The van der Waals surface area contributed by atoms with Crippen molar-refractivity contribution in [3.05, 3.63) is 95.3 Å². The summed E-state index contributed by atoms with van der Waals surface area (Å²) in [5, 5.41) is 0.778. The molecule has 0 saturated carbocycles. The summed E-state index contributed by atoms with van der Waals surface area (Å²) < 4.78 is 7.91. The number of thioether (sulfide) groups is 1. The summed E-state index contributed by atoms with van der Waals surface area (Å²) in [5.41, 5.74) is 3.22. The van der Waals surface area contributed by atoms with Gasteiger partial charge >= 0.3 is 0 Å². The highest BCUT2D eigenvalue weighted by molar-refractivity contribution is 7.99. The Morgan fingerprint density at radius 2 is 1.72 bits per heavy atom. The number of hydrogen-bond acceptors (Lipinski definition) is 3. The van der Waals surface area contributed by atoms with Crippen molar-refractivity contribution < 1.29 is 4.74 Å². The van der Waals surface area contributed by atoms with Crippen LogP contribution < -0.4 is 0 Å². The van der Waals surface area contributed by atoms with E-state index in [4.69, 9.17) is 21.3 Å². The molecule has 0 aliphatic heterocycles. The lowest BCUT2D eigenvalue weighted by molar-refractivity contribution is 0.139. The summed E-state index contributed by atoms with van der Waals surface area (Å²) in [7, 11) is 0. The Morgan fingerprint density at radius 1 is 1.00 bits per heavy atom. The van der Waals surface area contributed by atoms with Crippen molar-refractivity contribution >= 4 is 34.4 Å². The third kappa shape index (κ3) is 4.67. The van der Waals surface area contributed by atoms with E-state index in [9.17, 15) is 0 Å². The maximum Gasteiger partial charge on any atom is 0.128 e. The smallest absolute Gasteiger partial charge is 0.128 e. The Hall–Kier alpha value is -2.27. The molecule has 1 atom stereocenters.